The summed E-state index contributed by atoms with van der Waals surface area (Å²) in [5.74, 6) is 0.306. The van der Waals surface area contributed by atoms with E-state index in [9.17, 15) is 0 Å². The van der Waals surface area contributed by atoms with Crippen molar-refractivity contribution in [3.8, 4) is 0 Å². The van der Waals surface area contributed by atoms with Crippen molar-refractivity contribution in [3.05, 3.63) is 0 Å². The zero-order valence-electron chi connectivity index (χ0n) is 10.1. The van der Waals surface area contributed by atoms with Gasteiger partial charge < -0.3 is 15.2 Å². The van der Waals surface area contributed by atoms with Crippen LogP contribution in [0.3, 0.4) is 0 Å². The van der Waals surface area contributed by atoms with Gasteiger partial charge in [-0.15, -0.1) is 0 Å². The minimum Gasteiger partial charge on any atom is -0.396 e. The Bertz CT molecular complexity index is 148. The van der Waals surface area contributed by atoms with Gasteiger partial charge in [-0.2, -0.15) is 0 Å². The Kier molecular flexibility index (Phi) is 6.33. The van der Waals surface area contributed by atoms with E-state index >= 15 is 0 Å². The van der Waals surface area contributed by atoms with Crippen molar-refractivity contribution in [2.24, 2.45) is 5.92 Å². The van der Waals surface area contributed by atoms with E-state index in [4.69, 9.17) is 9.84 Å². The van der Waals surface area contributed by atoms with Gasteiger partial charge in [0.05, 0.1) is 5.60 Å². The van der Waals surface area contributed by atoms with Gasteiger partial charge in [0.15, 0.2) is 0 Å². The molecule has 0 fully saturated rings. The second-order valence-corrected chi connectivity index (χ2v) is 4.62. The first-order valence-corrected chi connectivity index (χ1v) is 5.32. The van der Waals surface area contributed by atoms with Crippen molar-refractivity contribution >= 4 is 0 Å². The third kappa shape index (κ3) is 5.58. The highest BCUT2D eigenvalue weighted by Gasteiger charge is 2.17. The lowest BCUT2D eigenvalue weighted by Gasteiger charge is -2.25. The smallest absolute Gasteiger partial charge is 0.0634 e. The Hall–Kier alpha value is -0.120. The number of hydrogen-bond acceptors (Lipinski definition) is 3. The van der Waals surface area contributed by atoms with E-state index in [1.165, 1.54) is 0 Å². The second-order valence-electron chi connectivity index (χ2n) is 4.62. The van der Waals surface area contributed by atoms with E-state index in [-0.39, 0.29) is 12.2 Å². The van der Waals surface area contributed by atoms with Crippen molar-refractivity contribution in [2.75, 3.05) is 20.3 Å². The molecular weight excluding hydrogens is 178 g/mol. The molecule has 0 aliphatic carbocycles. The molecule has 3 heteroatoms. The molecule has 0 heterocycles. The maximum absolute atomic E-state index is 8.95. The maximum atomic E-state index is 8.95. The first-order chi connectivity index (χ1) is 6.43. The maximum Gasteiger partial charge on any atom is 0.0634 e. The molecule has 0 spiro atoms. The molecule has 14 heavy (non-hydrogen) atoms. The summed E-state index contributed by atoms with van der Waals surface area (Å²) in [5, 5.41) is 12.3. The summed E-state index contributed by atoms with van der Waals surface area (Å²) in [4.78, 5) is 0. The molecule has 2 N–H and O–H groups in total. The van der Waals surface area contributed by atoms with Crippen LogP contribution in [0, 0.1) is 5.92 Å². The lowest BCUT2D eigenvalue weighted by molar-refractivity contribution is 0.0149. The van der Waals surface area contributed by atoms with E-state index < -0.39 is 0 Å². The normalized spacial score (nSPS) is 16.7. The molecule has 0 aromatic rings. The predicted molar refractivity (Wildman–Crippen MR) is 59.4 cm³/mol. The van der Waals surface area contributed by atoms with Gasteiger partial charge in [0, 0.05) is 19.8 Å². The van der Waals surface area contributed by atoms with Gasteiger partial charge in [0.25, 0.3) is 0 Å². The molecule has 86 valence electrons. The molecule has 0 saturated heterocycles. The van der Waals surface area contributed by atoms with E-state index in [1.807, 2.05) is 6.92 Å². The van der Waals surface area contributed by atoms with Gasteiger partial charge in [-0.3, -0.25) is 0 Å². The van der Waals surface area contributed by atoms with Crippen LogP contribution in [0.1, 0.15) is 34.1 Å². The Balaban J connectivity index is 3.63. The van der Waals surface area contributed by atoms with Crippen molar-refractivity contribution in [2.45, 2.75) is 45.8 Å². The number of nitrogens with one attached hydrogen (secondary N) is 1. The zero-order valence-corrected chi connectivity index (χ0v) is 10.1. The van der Waals surface area contributed by atoms with Gasteiger partial charge in [-0.25, -0.2) is 0 Å². The minimum absolute atomic E-state index is 0.0603. The molecule has 0 aliphatic heterocycles. The largest absolute Gasteiger partial charge is 0.396 e. The van der Waals surface area contributed by atoms with E-state index in [0.717, 1.165) is 13.0 Å². The van der Waals surface area contributed by atoms with Gasteiger partial charge in [-0.05, 0) is 39.7 Å². The van der Waals surface area contributed by atoms with Crippen molar-refractivity contribution in [3.63, 3.8) is 0 Å². The topological polar surface area (TPSA) is 41.5 Å². The summed E-state index contributed by atoms with van der Waals surface area (Å²) >= 11 is 0. The van der Waals surface area contributed by atoms with Gasteiger partial charge in [0.1, 0.15) is 0 Å². The van der Waals surface area contributed by atoms with Crippen LogP contribution in [0.2, 0.25) is 0 Å². The molecular formula is C11H25NO2. The third-order valence-electron chi connectivity index (χ3n) is 2.89. The standard InChI is InChI=1S/C11H25NO2/c1-9(8-13)10(2)12-7-6-11(3,4)14-5/h9-10,12-13H,6-8H2,1-5H3. The molecule has 0 bridgehead atoms. The molecule has 0 aromatic carbocycles. The molecule has 2 atom stereocenters. The van der Waals surface area contributed by atoms with E-state index in [2.05, 4.69) is 26.1 Å². The monoisotopic (exact) mass is 203 g/mol. The van der Waals surface area contributed by atoms with Crippen LogP contribution >= 0.6 is 0 Å². The predicted octanol–water partition coefficient (Wildman–Crippen LogP) is 1.41. The fourth-order valence-corrected chi connectivity index (χ4v) is 1.06. The van der Waals surface area contributed by atoms with E-state index in [0.29, 0.717) is 12.0 Å². The number of aliphatic hydroxyl groups is 1. The first kappa shape index (κ1) is 13.9. The van der Waals surface area contributed by atoms with Crippen molar-refractivity contribution < 1.29 is 9.84 Å². The van der Waals surface area contributed by atoms with Crippen LogP contribution in [-0.2, 0) is 4.74 Å². The van der Waals surface area contributed by atoms with Crippen molar-refractivity contribution in [1.29, 1.82) is 0 Å². The number of rotatable bonds is 7. The second kappa shape index (κ2) is 6.38. The third-order valence-corrected chi connectivity index (χ3v) is 2.89. The summed E-state index contributed by atoms with van der Waals surface area (Å²) in [6, 6.07) is 0.354. The molecule has 0 radical (unpaired) electrons. The molecule has 2 unspecified atom stereocenters. The molecule has 0 rings (SSSR count). The Labute approximate surface area is 87.8 Å². The highest BCUT2D eigenvalue weighted by Crippen LogP contribution is 2.12. The molecule has 0 aliphatic rings. The highest BCUT2D eigenvalue weighted by molar-refractivity contribution is 4.72. The van der Waals surface area contributed by atoms with Crippen LogP contribution in [0.4, 0.5) is 0 Å². The number of hydrogen-bond donors (Lipinski definition) is 2. The van der Waals surface area contributed by atoms with Gasteiger partial charge in [-0.1, -0.05) is 6.92 Å². The average Bonchev–Trinajstić information content (AvgIpc) is 2.16. The highest BCUT2D eigenvalue weighted by atomic mass is 16.5. The lowest BCUT2D eigenvalue weighted by Crippen LogP contribution is -2.37. The van der Waals surface area contributed by atoms with Crippen LogP contribution in [0.5, 0.6) is 0 Å². The van der Waals surface area contributed by atoms with Gasteiger partial charge in [0.2, 0.25) is 0 Å². The van der Waals surface area contributed by atoms with Crippen molar-refractivity contribution in [1.82, 2.24) is 5.32 Å². The molecule has 0 amide bonds. The van der Waals surface area contributed by atoms with Crippen LogP contribution < -0.4 is 5.32 Å². The summed E-state index contributed by atoms with van der Waals surface area (Å²) in [6.45, 7) is 9.46. The SMILES string of the molecule is COC(C)(C)CCNC(C)C(C)CO. The summed E-state index contributed by atoms with van der Waals surface area (Å²) < 4.78 is 5.32. The lowest BCUT2D eigenvalue weighted by atomic mass is 10.0. The molecule has 0 aromatic heterocycles. The van der Waals surface area contributed by atoms with Crippen LogP contribution in [0.15, 0.2) is 0 Å². The Morgan fingerprint density at radius 3 is 2.36 bits per heavy atom. The van der Waals surface area contributed by atoms with Crippen LogP contribution in [-0.4, -0.2) is 37.0 Å². The summed E-state index contributed by atoms with van der Waals surface area (Å²) in [6.07, 6.45) is 0.978. The van der Waals surface area contributed by atoms with Crippen LogP contribution in [0.25, 0.3) is 0 Å². The molecule has 3 nitrogen and oxygen atoms in total. The quantitative estimate of drug-likeness (QED) is 0.657. The average molecular weight is 203 g/mol. The van der Waals surface area contributed by atoms with E-state index in [1.54, 1.807) is 7.11 Å². The summed E-state index contributed by atoms with van der Waals surface area (Å²) in [7, 11) is 1.74. The summed E-state index contributed by atoms with van der Waals surface area (Å²) in [5.41, 5.74) is -0.0603. The fourth-order valence-electron chi connectivity index (χ4n) is 1.06. The number of aliphatic hydroxyl groups excluding tert-OH is 1. The number of ether oxygens (including phenoxy) is 1. The zero-order chi connectivity index (χ0) is 11.2. The fraction of sp³-hybridized carbons (Fsp3) is 1.00. The first-order valence-electron chi connectivity index (χ1n) is 5.32. The van der Waals surface area contributed by atoms with Gasteiger partial charge >= 0.3 is 0 Å². The minimum atomic E-state index is -0.0603. The Morgan fingerprint density at radius 2 is 1.93 bits per heavy atom. The number of methoxy groups -OCH3 is 1. The Morgan fingerprint density at radius 1 is 1.36 bits per heavy atom. The molecule has 0 saturated carbocycles.